The molecule has 0 atom stereocenters. The van der Waals surface area contributed by atoms with Crippen molar-refractivity contribution in [1.29, 1.82) is 0 Å². The second-order valence-electron chi connectivity index (χ2n) is 5.33. The molecule has 4 heteroatoms. The molecule has 0 bridgehead atoms. The molecule has 1 aromatic rings. The topological polar surface area (TPSA) is 55.4 Å². The fourth-order valence-corrected chi connectivity index (χ4v) is 2.21. The maximum Gasteiger partial charge on any atom is 0.338 e. The number of carbonyl (C=O) groups is 2. The van der Waals surface area contributed by atoms with Gasteiger partial charge in [-0.1, -0.05) is 19.9 Å². The van der Waals surface area contributed by atoms with Crippen LogP contribution in [-0.4, -0.2) is 19.0 Å². The number of rotatable bonds is 1. The number of methoxy groups -OCH3 is 1. The molecule has 18 heavy (non-hydrogen) atoms. The third-order valence-corrected chi connectivity index (χ3v) is 3.35. The van der Waals surface area contributed by atoms with E-state index in [9.17, 15) is 9.59 Å². The number of hydrogen-bond donors (Lipinski definition) is 1. The molecule has 0 unspecified atom stereocenters. The van der Waals surface area contributed by atoms with Gasteiger partial charge in [-0.2, -0.15) is 0 Å². The lowest BCUT2D eigenvalue weighted by Crippen LogP contribution is -2.37. The highest BCUT2D eigenvalue weighted by Crippen LogP contribution is 2.34. The van der Waals surface area contributed by atoms with E-state index in [1.54, 1.807) is 6.07 Å². The number of anilines is 1. The van der Waals surface area contributed by atoms with Gasteiger partial charge in [0.15, 0.2) is 0 Å². The minimum atomic E-state index is -0.410. The predicted molar refractivity (Wildman–Crippen MR) is 68.6 cm³/mol. The Morgan fingerprint density at radius 1 is 1.39 bits per heavy atom. The maximum atomic E-state index is 11.9. The Labute approximate surface area is 106 Å². The van der Waals surface area contributed by atoms with Gasteiger partial charge in [-0.05, 0) is 30.5 Å². The molecule has 0 radical (unpaired) electrons. The van der Waals surface area contributed by atoms with E-state index in [1.807, 2.05) is 26.8 Å². The van der Waals surface area contributed by atoms with Crippen LogP contribution >= 0.6 is 0 Å². The van der Waals surface area contributed by atoms with Gasteiger partial charge in [-0.15, -0.1) is 0 Å². The normalized spacial score (nSPS) is 16.8. The number of esters is 1. The quantitative estimate of drug-likeness (QED) is 0.775. The first kappa shape index (κ1) is 12.6. The number of nitrogens with one attached hydrogen (secondary N) is 1. The number of hydrogen-bond acceptors (Lipinski definition) is 3. The Balaban J connectivity index is 2.49. The molecular weight excluding hydrogens is 230 g/mol. The monoisotopic (exact) mass is 247 g/mol. The van der Waals surface area contributed by atoms with Crippen LogP contribution in [0.15, 0.2) is 12.1 Å². The fraction of sp³-hybridized carbons (Fsp3) is 0.429. The minimum Gasteiger partial charge on any atom is -0.465 e. The zero-order chi connectivity index (χ0) is 13.5. The molecule has 1 aromatic carbocycles. The van der Waals surface area contributed by atoms with E-state index in [2.05, 4.69) is 5.32 Å². The van der Waals surface area contributed by atoms with Gasteiger partial charge in [0.2, 0.25) is 5.91 Å². The van der Waals surface area contributed by atoms with E-state index in [4.69, 9.17) is 4.74 Å². The van der Waals surface area contributed by atoms with Gasteiger partial charge in [0, 0.05) is 11.1 Å². The van der Waals surface area contributed by atoms with Crippen LogP contribution in [0.3, 0.4) is 0 Å². The smallest absolute Gasteiger partial charge is 0.338 e. The molecule has 1 aliphatic heterocycles. The predicted octanol–water partition coefficient (Wildman–Crippen LogP) is 2.30. The van der Waals surface area contributed by atoms with Crippen LogP contribution in [-0.2, 0) is 16.0 Å². The SMILES string of the molecule is COC(=O)c1cc2c(cc1C)CC(C)(C)C(=O)N2. The second-order valence-corrected chi connectivity index (χ2v) is 5.33. The summed E-state index contributed by atoms with van der Waals surface area (Å²) in [6, 6.07) is 3.65. The molecule has 0 aromatic heterocycles. The van der Waals surface area contributed by atoms with Gasteiger partial charge >= 0.3 is 5.97 Å². The highest BCUT2D eigenvalue weighted by atomic mass is 16.5. The van der Waals surface area contributed by atoms with Crippen LogP contribution in [0.4, 0.5) is 5.69 Å². The molecule has 2 rings (SSSR count). The van der Waals surface area contributed by atoms with Gasteiger partial charge in [-0.3, -0.25) is 4.79 Å². The van der Waals surface area contributed by atoms with E-state index in [-0.39, 0.29) is 11.9 Å². The van der Waals surface area contributed by atoms with Crippen molar-refractivity contribution in [1.82, 2.24) is 0 Å². The lowest BCUT2D eigenvalue weighted by Gasteiger charge is -2.31. The summed E-state index contributed by atoms with van der Waals surface area (Å²) in [5.41, 5.74) is 2.73. The van der Waals surface area contributed by atoms with Crippen LogP contribution in [0, 0.1) is 12.3 Å². The minimum absolute atomic E-state index is 0.0188. The highest BCUT2D eigenvalue weighted by Gasteiger charge is 2.34. The number of carbonyl (C=O) groups excluding carboxylic acids is 2. The van der Waals surface area contributed by atoms with Crippen molar-refractivity contribution in [2.24, 2.45) is 5.41 Å². The Hall–Kier alpha value is -1.84. The molecule has 0 saturated carbocycles. The summed E-state index contributed by atoms with van der Waals surface area (Å²) < 4.78 is 4.72. The van der Waals surface area contributed by atoms with Crippen LogP contribution in [0.2, 0.25) is 0 Å². The van der Waals surface area contributed by atoms with Gasteiger partial charge in [-0.25, -0.2) is 4.79 Å². The Kier molecular flexibility index (Phi) is 2.89. The largest absolute Gasteiger partial charge is 0.465 e. The van der Waals surface area contributed by atoms with Gasteiger partial charge in [0.1, 0.15) is 0 Å². The van der Waals surface area contributed by atoms with Gasteiger partial charge in [0.05, 0.1) is 12.7 Å². The summed E-state index contributed by atoms with van der Waals surface area (Å²) in [5, 5.41) is 2.85. The number of ether oxygens (including phenoxy) is 1. The summed E-state index contributed by atoms with van der Waals surface area (Å²) in [5.74, 6) is -0.399. The Morgan fingerprint density at radius 3 is 2.67 bits per heavy atom. The molecule has 1 amide bonds. The first-order valence-electron chi connectivity index (χ1n) is 5.88. The first-order valence-corrected chi connectivity index (χ1v) is 5.88. The fourth-order valence-electron chi connectivity index (χ4n) is 2.21. The third kappa shape index (κ3) is 1.98. The first-order chi connectivity index (χ1) is 8.35. The lowest BCUT2D eigenvalue weighted by molar-refractivity contribution is -0.124. The zero-order valence-electron chi connectivity index (χ0n) is 11.1. The van der Waals surface area contributed by atoms with Crippen molar-refractivity contribution in [3.05, 3.63) is 28.8 Å². The lowest BCUT2D eigenvalue weighted by atomic mass is 9.80. The van der Waals surface area contributed by atoms with Crippen molar-refractivity contribution < 1.29 is 14.3 Å². The Morgan fingerprint density at radius 2 is 2.06 bits per heavy atom. The number of fused-ring (bicyclic) bond motifs is 1. The van der Waals surface area contributed by atoms with Crippen LogP contribution in [0.5, 0.6) is 0 Å². The third-order valence-electron chi connectivity index (χ3n) is 3.35. The van der Waals surface area contributed by atoms with E-state index in [0.717, 1.165) is 11.1 Å². The van der Waals surface area contributed by atoms with Crippen molar-refractivity contribution in [3.63, 3.8) is 0 Å². The van der Waals surface area contributed by atoms with Crippen LogP contribution in [0.1, 0.15) is 35.3 Å². The van der Waals surface area contributed by atoms with E-state index < -0.39 is 5.41 Å². The van der Waals surface area contributed by atoms with Gasteiger partial charge in [0.25, 0.3) is 0 Å². The molecule has 4 nitrogen and oxygen atoms in total. The van der Waals surface area contributed by atoms with Crippen molar-refractivity contribution >= 4 is 17.6 Å². The molecule has 1 heterocycles. The van der Waals surface area contributed by atoms with Crippen molar-refractivity contribution in [2.75, 3.05) is 12.4 Å². The molecule has 0 aliphatic carbocycles. The molecule has 96 valence electrons. The summed E-state index contributed by atoms with van der Waals surface area (Å²) in [4.78, 5) is 23.5. The average molecular weight is 247 g/mol. The molecule has 1 aliphatic rings. The summed E-state index contributed by atoms with van der Waals surface area (Å²) >= 11 is 0. The Bertz CT molecular complexity index is 532. The van der Waals surface area contributed by atoms with Gasteiger partial charge < -0.3 is 10.1 Å². The number of benzene rings is 1. The van der Waals surface area contributed by atoms with Crippen molar-refractivity contribution in [2.45, 2.75) is 27.2 Å². The maximum absolute atomic E-state index is 11.9. The van der Waals surface area contributed by atoms with E-state index in [0.29, 0.717) is 17.7 Å². The van der Waals surface area contributed by atoms with E-state index in [1.165, 1.54) is 7.11 Å². The van der Waals surface area contributed by atoms with E-state index >= 15 is 0 Å². The molecule has 0 spiro atoms. The standard InChI is InChI=1S/C14H17NO3/c1-8-5-9-7-14(2,3)13(17)15-11(9)6-10(8)12(16)18-4/h5-6H,7H2,1-4H3,(H,15,17). The number of aryl methyl sites for hydroxylation is 1. The van der Waals surface area contributed by atoms with Crippen LogP contribution in [0.25, 0.3) is 0 Å². The second kappa shape index (κ2) is 4.12. The highest BCUT2D eigenvalue weighted by molar-refractivity contribution is 6.00. The summed E-state index contributed by atoms with van der Waals surface area (Å²) in [6.45, 7) is 5.69. The molecule has 0 saturated heterocycles. The number of amides is 1. The molecular formula is C14H17NO3. The summed E-state index contributed by atoms with van der Waals surface area (Å²) in [6.07, 6.45) is 0.677. The zero-order valence-corrected chi connectivity index (χ0v) is 11.1. The average Bonchev–Trinajstić information content (AvgIpc) is 2.29. The van der Waals surface area contributed by atoms with Crippen molar-refractivity contribution in [3.8, 4) is 0 Å². The molecule has 0 fully saturated rings. The van der Waals surface area contributed by atoms with Crippen LogP contribution < -0.4 is 5.32 Å². The molecule has 1 N–H and O–H groups in total. The summed E-state index contributed by atoms with van der Waals surface area (Å²) in [7, 11) is 1.35.